The maximum atomic E-state index is 5.16. The average Bonchev–Trinajstić information content (AvgIpc) is 2.58. The number of nitrogens with zero attached hydrogens (tertiary/aromatic N) is 1. The standard InChI is InChI=1S/C15H19NO/c1-11-9-16(13(3)12(11)2)10-14-5-7-15(17-4)8-6-14/h5-9H,10H2,1-4H3. The molecule has 0 spiro atoms. The van der Waals surface area contributed by atoms with E-state index in [1.807, 2.05) is 12.1 Å². The Morgan fingerprint density at radius 2 is 1.71 bits per heavy atom. The van der Waals surface area contributed by atoms with Crippen molar-refractivity contribution in [1.82, 2.24) is 4.57 Å². The Morgan fingerprint density at radius 1 is 1.06 bits per heavy atom. The van der Waals surface area contributed by atoms with Gasteiger partial charge in [0.1, 0.15) is 5.75 Å². The molecule has 0 aliphatic heterocycles. The third-order valence-electron chi connectivity index (χ3n) is 3.43. The molecule has 1 aromatic heterocycles. The summed E-state index contributed by atoms with van der Waals surface area (Å²) < 4.78 is 7.46. The van der Waals surface area contributed by atoms with Gasteiger partial charge in [0, 0.05) is 18.4 Å². The minimum atomic E-state index is 0.908. The minimum Gasteiger partial charge on any atom is -0.497 e. The fourth-order valence-corrected chi connectivity index (χ4v) is 2.02. The molecular formula is C15H19NO. The van der Waals surface area contributed by atoms with Crippen LogP contribution < -0.4 is 4.74 Å². The molecule has 0 bridgehead atoms. The molecule has 2 aromatic rings. The lowest BCUT2D eigenvalue weighted by molar-refractivity contribution is 0.414. The predicted octanol–water partition coefficient (Wildman–Crippen LogP) is 3.47. The molecule has 0 saturated carbocycles. The van der Waals surface area contributed by atoms with Crippen molar-refractivity contribution in [3.63, 3.8) is 0 Å². The number of methoxy groups -OCH3 is 1. The van der Waals surface area contributed by atoms with Gasteiger partial charge in [0.05, 0.1) is 7.11 Å². The van der Waals surface area contributed by atoms with Gasteiger partial charge in [0.25, 0.3) is 0 Å². The van der Waals surface area contributed by atoms with Crippen molar-refractivity contribution in [2.75, 3.05) is 7.11 Å². The highest BCUT2D eigenvalue weighted by atomic mass is 16.5. The van der Waals surface area contributed by atoms with Gasteiger partial charge in [-0.25, -0.2) is 0 Å². The first-order chi connectivity index (χ1) is 8.11. The molecule has 2 heteroatoms. The lowest BCUT2D eigenvalue weighted by Gasteiger charge is -2.07. The average molecular weight is 229 g/mol. The summed E-state index contributed by atoms with van der Waals surface area (Å²) in [5, 5.41) is 0. The summed E-state index contributed by atoms with van der Waals surface area (Å²) in [5.74, 6) is 0.908. The molecule has 0 atom stereocenters. The van der Waals surface area contributed by atoms with Crippen LogP contribution in [-0.4, -0.2) is 11.7 Å². The minimum absolute atomic E-state index is 0.908. The normalized spacial score (nSPS) is 10.6. The second-order valence-electron chi connectivity index (χ2n) is 4.50. The van der Waals surface area contributed by atoms with E-state index in [-0.39, 0.29) is 0 Å². The summed E-state index contributed by atoms with van der Waals surface area (Å²) >= 11 is 0. The molecule has 0 aliphatic carbocycles. The van der Waals surface area contributed by atoms with Gasteiger partial charge >= 0.3 is 0 Å². The third kappa shape index (κ3) is 2.36. The van der Waals surface area contributed by atoms with Gasteiger partial charge < -0.3 is 9.30 Å². The first-order valence-electron chi connectivity index (χ1n) is 5.87. The Bertz CT molecular complexity index is 508. The van der Waals surface area contributed by atoms with E-state index in [9.17, 15) is 0 Å². The zero-order chi connectivity index (χ0) is 12.4. The number of ether oxygens (including phenoxy) is 1. The van der Waals surface area contributed by atoms with Crippen LogP contribution >= 0.6 is 0 Å². The molecule has 1 aromatic carbocycles. The van der Waals surface area contributed by atoms with Gasteiger partial charge in [0.15, 0.2) is 0 Å². The van der Waals surface area contributed by atoms with Crippen LogP contribution in [-0.2, 0) is 6.54 Å². The first-order valence-corrected chi connectivity index (χ1v) is 5.87. The lowest BCUT2D eigenvalue weighted by Crippen LogP contribution is -2.00. The summed E-state index contributed by atoms with van der Waals surface area (Å²) in [7, 11) is 1.69. The van der Waals surface area contributed by atoms with Crippen molar-refractivity contribution in [3.05, 3.63) is 52.8 Å². The van der Waals surface area contributed by atoms with Crippen molar-refractivity contribution in [3.8, 4) is 5.75 Å². The molecule has 0 radical (unpaired) electrons. The molecule has 0 N–H and O–H groups in total. The van der Waals surface area contributed by atoms with Gasteiger partial charge in [-0.2, -0.15) is 0 Å². The molecule has 2 rings (SSSR count). The van der Waals surface area contributed by atoms with E-state index < -0.39 is 0 Å². The van der Waals surface area contributed by atoms with Gasteiger partial charge in [-0.05, 0) is 49.6 Å². The van der Waals surface area contributed by atoms with E-state index in [2.05, 4.69) is 43.7 Å². The smallest absolute Gasteiger partial charge is 0.118 e. The maximum absolute atomic E-state index is 5.16. The lowest BCUT2D eigenvalue weighted by atomic mass is 10.2. The summed E-state index contributed by atoms with van der Waals surface area (Å²) in [4.78, 5) is 0. The zero-order valence-electron chi connectivity index (χ0n) is 10.9. The van der Waals surface area contributed by atoms with Crippen molar-refractivity contribution >= 4 is 0 Å². The Balaban J connectivity index is 2.22. The predicted molar refractivity (Wildman–Crippen MR) is 70.7 cm³/mol. The quantitative estimate of drug-likeness (QED) is 0.786. The molecule has 17 heavy (non-hydrogen) atoms. The van der Waals surface area contributed by atoms with Crippen molar-refractivity contribution in [2.24, 2.45) is 0 Å². The molecule has 0 saturated heterocycles. The molecule has 2 nitrogen and oxygen atoms in total. The van der Waals surface area contributed by atoms with Gasteiger partial charge in [0.2, 0.25) is 0 Å². The maximum Gasteiger partial charge on any atom is 0.118 e. The second kappa shape index (κ2) is 4.66. The topological polar surface area (TPSA) is 14.2 Å². The fraction of sp³-hybridized carbons (Fsp3) is 0.333. The van der Waals surface area contributed by atoms with E-state index in [4.69, 9.17) is 4.74 Å². The summed E-state index contributed by atoms with van der Waals surface area (Å²) in [6, 6.07) is 8.24. The molecular weight excluding hydrogens is 210 g/mol. The van der Waals surface area contributed by atoms with Crippen molar-refractivity contribution < 1.29 is 4.74 Å². The van der Waals surface area contributed by atoms with Crippen LogP contribution in [0.25, 0.3) is 0 Å². The van der Waals surface area contributed by atoms with E-state index in [1.165, 1.54) is 22.4 Å². The molecule has 0 amide bonds. The summed E-state index contributed by atoms with van der Waals surface area (Å²) in [6.45, 7) is 7.43. The Labute approximate surface area is 103 Å². The van der Waals surface area contributed by atoms with Crippen LogP contribution in [0.2, 0.25) is 0 Å². The number of hydrogen-bond donors (Lipinski definition) is 0. The van der Waals surface area contributed by atoms with E-state index in [0.29, 0.717) is 0 Å². The number of hydrogen-bond acceptors (Lipinski definition) is 1. The summed E-state index contributed by atoms with van der Waals surface area (Å²) in [5.41, 5.74) is 5.39. The van der Waals surface area contributed by atoms with Crippen LogP contribution in [0.15, 0.2) is 30.5 Å². The highest BCUT2D eigenvalue weighted by Crippen LogP contribution is 2.17. The fourth-order valence-electron chi connectivity index (χ4n) is 2.02. The molecule has 90 valence electrons. The van der Waals surface area contributed by atoms with Crippen molar-refractivity contribution in [2.45, 2.75) is 27.3 Å². The number of aromatic nitrogens is 1. The monoisotopic (exact) mass is 229 g/mol. The summed E-state index contributed by atoms with van der Waals surface area (Å²) in [6.07, 6.45) is 2.22. The van der Waals surface area contributed by atoms with E-state index >= 15 is 0 Å². The van der Waals surface area contributed by atoms with Gasteiger partial charge in [-0.3, -0.25) is 0 Å². The van der Waals surface area contributed by atoms with Crippen LogP contribution in [0.4, 0.5) is 0 Å². The molecule has 0 aliphatic rings. The molecule has 1 heterocycles. The van der Waals surface area contributed by atoms with Gasteiger partial charge in [-0.15, -0.1) is 0 Å². The number of rotatable bonds is 3. The third-order valence-corrected chi connectivity index (χ3v) is 3.43. The van der Waals surface area contributed by atoms with Crippen LogP contribution in [0, 0.1) is 20.8 Å². The second-order valence-corrected chi connectivity index (χ2v) is 4.50. The number of benzene rings is 1. The SMILES string of the molecule is COc1ccc(Cn2cc(C)c(C)c2C)cc1. The molecule has 0 fully saturated rings. The Kier molecular flexibility index (Phi) is 3.23. The largest absolute Gasteiger partial charge is 0.497 e. The number of aryl methyl sites for hydroxylation is 1. The molecule has 0 unspecified atom stereocenters. The van der Waals surface area contributed by atoms with Crippen LogP contribution in [0.1, 0.15) is 22.4 Å². The highest BCUT2D eigenvalue weighted by molar-refractivity contribution is 5.31. The van der Waals surface area contributed by atoms with Gasteiger partial charge in [-0.1, -0.05) is 12.1 Å². The van der Waals surface area contributed by atoms with E-state index in [0.717, 1.165) is 12.3 Å². The van der Waals surface area contributed by atoms with Crippen LogP contribution in [0.3, 0.4) is 0 Å². The first kappa shape index (κ1) is 11.8. The highest BCUT2D eigenvalue weighted by Gasteiger charge is 2.05. The van der Waals surface area contributed by atoms with Crippen molar-refractivity contribution in [1.29, 1.82) is 0 Å². The Morgan fingerprint density at radius 3 is 2.18 bits per heavy atom. The zero-order valence-corrected chi connectivity index (χ0v) is 10.9. The Hall–Kier alpha value is -1.70. The van der Waals surface area contributed by atoms with Crippen LogP contribution in [0.5, 0.6) is 5.75 Å². The van der Waals surface area contributed by atoms with E-state index in [1.54, 1.807) is 7.11 Å².